The Morgan fingerprint density at radius 3 is 2.50 bits per heavy atom. The van der Waals surface area contributed by atoms with Gasteiger partial charge in [0.15, 0.2) is 0 Å². The molecule has 1 amide bonds. The average Bonchev–Trinajstić information content (AvgIpc) is 2.45. The fourth-order valence-corrected chi connectivity index (χ4v) is 1.60. The van der Waals surface area contributed by atoms with Crippen LogP contribution in [-0.4, -0.2) is 16.4 Å². The van der Waals surface area contributed by atoms with Gasteiger partial charge in [0.05, 0.1) is 23.3 Å². The minimum absolute atomic E-state index is 0. The normalized spacial score (nSPS) is 10.0. The molecule has 1 rings (SSSR count). The molecule has 4 nitrogen and oxygen atoms in total. The molecule has 0 aliphatic heterocycles. The Morgan fingerprint density at radius 1 is 1.56 bits per heavy atom. The summed E-state index contributed by atoms with van der Waals surface area (Å²) in [6.07, 6.45) is 0. The van der Waals surface area contributed by atoms with E-state index in [-0.39, 0.29) is 30.7 Å². The molecule has 0 spiro atoms. The maximum atomic E-state index is 11.4. The maximum absolute atomic E-state index is 11.4. The van der Waals surface area contributed by atoms with E-state index in [9.17, 15) is 4.79 Å². The van der Waals surface area contributed by atoms with E-state index in [1.807, 2.05) is 6.92 Å². The molecule has 3 N–H and O–H groups in total. The number of halogens is 2. The largest absolute Gasteiger partial charge is 0.350 e. The molecule has 1 aromatic rings. The van der Waals surface area contributed by atoms with Crippen molar-refractivity contribution in [2.75, 3.05) is 0 Å². The molecule has 0 saturated carbocycles. The zero-order valence-corrected chi connectivity index (χ0v) is 11.9. The molecule has 0 bridgehead atoms. The van der Waals surface area contributed by atoms with E-state index >= 15 is 0 Å². The number of hydrogen-bond acceptors (Lipinski definition) is 4. The van der Waals surface area contributed by atoms with Crippen LogP contribution >= 0.6 is 36.2 Å². The number of nitrogens with one attached hydrogen (secondary N) is 1. The van der Waals surface area contributed by atoms with E-state index in [1.165, 1.54) is 11.3 Å². The fourth-order valence-electron chi connectivity index (χ4n) is 0.884. The van der Waals surface area contributed by atoms with Crippen LogP contribution in [0.2, 0.25) is 0 Å². The number of amides is 1. The first-order valence-corrected chi connectivity index (χ1v) is 5.25. The first kappa shape index (κ1) is 18.0. The van der Waals surface area contributed by atoms with Gasteiger partial charge < -0.3 is 11.1 Å². The lowest BCUT2D eigenvalue weighted by molar-refractivity contribution is -0.125. The van der Waals surface area contributed by atoms with Crippen LogP contribution in [-0.2, 0) is 11.3 Å². The molecule has 0 saturated heterocycles. The average molecular weight is 286 g/mol. The maximum Gasteiger partial charge on any atom is 0.239 e. The number of nitrogens with zero attached hydrogens (tertiary/aromatic N) is 1. The van der Waals surface area contributed by atoms with Crippen molar-refractivity contribution < 1.29 is 4.79 Å². The van der Waals surface area contributed by atoms with Gasteiger partial charge in [0, 0.05) is 4.88 Å². The summed E-state index contributed by atoms with van der Waals surface area (Å²) in [5.41, 5.74) is 7.54. The number of aryl methyl sites for hydroxylation is 1. The number of carbonyl (C=O) groups excluding carboxylic acids is 1. The second-order valence-electron chi connectivity index (χ2n) is 3.77. The van der Waals surface area contributed by atoms with Gasteiger partial charge in [-0.1, -0.05) is 0 Å². The van der Waals surface area contributed by atoms with Gasteiger partial charge in [0.1, 0.15) is 0 Å². The quantitative estimate of drug-likeness (QED) is 0.887. The fraction of sp³-hybridized carbons (Fsp3) is 0.556. The van der Waals surface area contributed by atoms with Crippen LogP contribution in [0.3, 0.4) is 0 Å². The molecule has 94 valence electrons. The van der Waals surface area contributed by atoms with Crippen molar-refractivity contribution in [3.63, 3.8) is 0 Å². The molecule has 7 heteroatoms. The Hall–Kier alpha value is -0.360. The van der Waals surface area contributed by atoms with Crippen molar-refractivity contribution in [2.45, 2.75) is 32.9 Å². The smallest absolute Gasteiger partial charge is 0.239 e. The van der Waals surface area contributed by atoms with Gasteiger partial charge in [-0.15, -0.1) is 36.2 Å². The predicted molar refractivity (Wildman–Crippen MR) is 71.5 cm³/mol. The number of thiazole rings is 1. The number of rotatable bonds is 3. The molecule has 0 radical (unpaired) electrons. The van der Waals surface area contributed by atoms with Crippen LogP contribution in [0.25, 0.3) is 0 Å². The van der Waals surface area contributed by atoms with E-state index in [0.29, 0.717) is 6.54 Å². The molecule has 0 aromatic carbocycles. The third-order valence-electron chi connectivity index (χ3n) is 1.84. The summed E-state index contributed by atoms with van der Waals surface area (Å²) in [6.45, 7) is 5.80. The minimum Gasteiger partial charge on any atom is -0.350 e. The van der Waals surface area contributed by atoms with Crippen LogP contribution in [0.4, 0.5) is 0 Å². The minimum atomic E-state index is -0.821. The van der Waals surface area contributed by atoms with Crippen molar-refractivity contribution in [1.29, 1.82) is 0 Å². The van der Waals surface area contributed by atoms with E-state index in [1.54, 1.807) is 19.4 Å². The summed E-state index contributed by atoms with van der Waals surface area (Å²) in [4.78, 5) is 16.6. The molecule has 0 aliphatic rings. The van der Waals surface area contributed by atoms with Gasteiger partial charge in [-0.25, -0.2) is 4.98 Å². The summed E-state index contributed by atoms with van der Waals surface area (Å²) < 4.78 is 0. The number of hydrogen-bond donors (Lipinski definition) is 2. The van der Waals surface area contributed by atoms with Gasteiger partial charge in [0.25, 0.3) is 0 Å². The predicted octanol–water partition coefficient (Wildman–Crippen LogP) is 1.65. The second-order valence-corrected chi connectivity index (χ2v) is 4.70. The van der Waals surface area contributed by atoms with E-state index < -0.39 is 5.54 Å². The Morgan fingerprint density at radius 2 is 2.12 bits per heavy atom. The van der Waals surface area contributed by atoms with Crippen LogP contribution < -0.4 is 11.1 Å². The number of aromatic nitrogens is 1. The SMILES string of the molecule is Cc1ncsc1CNC(=O)C(C)(C)N.Cl.Cl. The summed E-state index contributed by atoms with van der Waals surface area (Å²) in [7, 11) is 0. The first-order valence-electron chi connectivity index (χ1n) is 4.37. The lowest BCUT2D eigenvalue weighted by atomic mass is 10.1. The topological polar surface area (TPSA) is 68.0 Å². The molecule has 0 unspecified atom stereocenters. The highest BCUT2D eigenvalue weighted by Gasteiger charge is 2.21. The highest BCUT2D eigenvalue weighted by atomic mass is 35.5. The zero-order chi connectivity index (χ0) is 10.8. The highest BCUT2D eigenvalue weighted by Crippen LogP contribution is 2.11. The molecule has 1 aromatic heterocycles. The Labute approximate surface area is 112 Å². The monoisotopic (exact) mass is 285 g/mol. The van der Waals surface area contributed by atoms with E-state index in [4.69, 9.17) is 5.73 Å². The summed E-state index contributed by atoms with van der Waals surface area (Å²) in [5.74, 6) is -0.148. The lowest BCUT2D eigenvalue weighted by Crippen LogP contribution is -2.48. The molecule has 1 heterocycles. The van der Waals surface area contributed by atoms with Gasteiger partial charge in [0.2, 0.25) is 5.91 Å². The van der Waals surface area contributed by atoms with E-state index in [2.05, 4.69) is 10.3 Å². The second kappa shape index (κ2) is 7.06. The van der Waals surface area contributed by atoms with Crippen LogP contribution in [0.15, 0.2) is 5.51 Å². The van der Waals surface area contributed by atoms with Gasteiger partial charge in [-0.3, -0.25) is 4.79 Å². The van der Waals surface area contributed by atoms with Crippen molar-refractivity contribution in [1.82, 2.24) is 10.3 Å². The summed E-state index contributed by atoms with van der Waals surface area (Å²) in [6, 6.07) is 0. The van der Waals surface area contributed by atoms with Crippen LogP contribution in [0.1, 0.15) is 24.4 Å². The number of nitrogens with two attached hydrogens (primary N) is 1. The number of carbonyl (C=O) groups is 1. The summed E-state index contributed by atoms with van der Waals surface area (Å²) in [5, 5.41) is 2.77. The third-order valence-corrected chi connectivity index (χ3v) is 2.77. The first-order chi connectivity index (χ1) is 6.41. The Balaban J connectivity index is 0. The Bertz CT molecular complexity index is 336. The third kappa shape index (κ3) is 5.12. The molecule has 16 heavy (non-hydrogen) atoms. The molecular weight excluding hydrogens is 269 g/mol. The molecular formula is C9H17Cl2N3OS. The lowest BCUT2D eigenvalue weighted by Gasteiger charge is -2.17. The standard InChI is InChI=1S/C9H15N3OS.2ClH/c1-6-7(14-5-12-6)4-11-8(13)9(2,3)10;;/h5H,4,10H2,1-3H3,(H,11,13);2*1H. The van der Waals surface area contributed by atoms with Crippen molar-refractivity contribution in [2.24, 2.45) is 5.73 Å². The molecule has 0 aliphatic carbocycles. The van der Waals surface area contributed by atoms with Crippen molar-refractivity contribution >= 4 is 42.1 Å². The zero-order valence-electron chi connectivity index (χ0n) is 9.44. The molecule has 0 fully saturated rings. The van der Waals surface area contributed by atoms with Crippen molar-refractivity contribution in [3.8, 4) is 0 Å². The van der Waals surface area contributed by atoms with Crippen molar-refractivity contribution in [3.05, 3.63) is 16.1 Å². The molecule has 0 atom stereocenters. The van der Waals surface area contributed by atoms with Gasteiger partial charge in [-0.2, -0.15) is 0 Å². The van der Waals surface area contributed by atoms with Gasteiger partial charge >= 0.3 is 0 Å². The van der Waals surface area contributed by atoms with Gasteiger partial charge in [-0.05, 0) is 20.8 Å². The highest BCUT2D eigenvalue weighted by molar-refractivity contribution is 7.09. The van der Waals surface area contributed by atoms with Crippen LogP contribution in [0.5, 0.6) is 0 Å². The van der Waals surface area contributed by atoms with Crippen LogP contribution in [0, 0.1) is 6.92 Å². The summed E-state index contributed by atoms with van der Waals surface area (Å²) >= 11 is 1.54. The van der Waals surface area contributed by atoms with E-state index in [0.717, 1.165) is 10.6 Å². The Kier molecular flexibility index (Phi) is 7.95.